The van der Waals surface area contributed by atoms with Crippen LogP contribution in [-0.2, 0) is 23.2 Å². The number of nitrogens with zero attached hydrogens (tertiary/aromatic N) is 3. The van der Waals surface area contributed by atoms with E-state index in [2.05, 4.69) is 19.9 Å². The zero-order valence-corrected chi connectivity index (χ0v) is 32.0. The number of ether oxygens (including phenoxy) is 1. The number of aliphatic hydroxyl groups excluding tert-OH is 1. The van der Waals surface area contributed by atoms with E-state index >= 15 is 8.78 Å². The largest absolute Gasteiger partial charge is 0.476 e. The summed E-state index contributed by atoms with van der Waals surface area (Å²) >= 11 is 1.54. The summed E-state index contributed by atoms with van der Waals surface area (Å²) < 4.78 is 79.6. The summed E-state index contributed by atoms with van der Waals surface area (Å²) in [5, 5.41) is 28.4. The Morgan fingerprint density at radius 3 is 1.80 bits per heavy atom. The zero-order chi connectivity index (χ0) is 39.4. The van der Waals surface area contributed by atoms with Crippen LogP contribution in [0.5, 0.6) is 0 Å². The van der Waals surface area contributed by atoms with Gasteiger partial charge in [0.1, 0.15) is 17.9 Å². The normalized spacial score (nSPS) is 15.5. The fourth-order valence-electron chi connectivity index (χ4n) is 6.54. The molecular formula is C43H46F5N3O2S. The van der Waals surface area contributed by atoms with E-state index in [0.29, 0.717) is 6.54 Å². The molecular weight excluding hydrogens is 718 g/mol. The molecule has 1 unspecified atom stereocenters. The molecule has 286 valence electrons. The second-order valence-electron chi connectivity index (χ2n) is 13.5. The summed E-state index contributed by atoms with van der Waals surface area (Å²) in [5.41, 5.74) is 0.299. The first-order chi connectivity index (χ1) is 25.9. The first kappa shape index (κ1) is 42.0. The van der Waals surface area contributed by atoms with E-state index in [-0.39, 0.29) is 17.9 Å². The van der Waals surface area contributed by atoms with Gasteiger partial charge in [-0.05, 0) is 79.7 Å². The van der Waals surface area contributed by atoms with Crippen molar-refractivity contribution >= 4 is 35.3 Å². The number of hydrogen-bond donors (Lipinski definition) is 1. The van der Waals surface area contributed by atoms with E-state index < -0.39 is 45.8 Å². The third-order valence-corrected chi connectivity index (χ3v) is 10.9. The molecule has 1 atom stereocenters. The Morgan fingerprint density at radius 1 is 0.778 bits per heavy atom. The van der Waals surface area contributed by atoms with Crippen molar-refractivity contribution in [2.75, 3.05) is 25.1 Å². The smallest absolute Gasteiger partial charge is 0.200 e. The minimum atomic E-state index is -2.30. The molecule has 2 heterocycles. The van der Waals surface area contributed by atoms with Gasteiger partial charge >= 0.3 is 0 Å². The molecule has 4 rings (SSSR count). The molecule has 0 radical (unpaired) electrons. The number of hydrogen-bond acceptors (Lipinski definition) is 6. The van der Waals surface area contributed by atoms with Crippen molar-refractivity contribution in [3.8, 4) is 12.1 Å². The first-order valence-electron chi connectivity index (χ1n) is 18.4. The Bertz CT molecular complexity index is 1960. The molecule has 1 aliphatic heterocycles. The molecule has 2 aromatic carbocycles. The van der Waals surface area contributed by atoms with Crippen LogP contribution in [0.4, 0.5) is 27.6 Å². The third kappa shape index (κ3) is 9.50. The van der Waals surface area contributed by atoms with Gasteiger partial charge in [0.2, 0.25) is 5.82 Å². The number of thiophene rings is 1. The highest BCUT2D eigenvalue weighted by atomic mass is 32.1. The summed E-state index contributed by atoms with van der Waals surface area (Å²) in [6.07, 6.45) is 18.6. The van der Waals surface area contributed by atoms with Gasteiger partial charge in [0.05, 0.1) is 12.2 Å². The Labute approximate surface area is 319 Å². The summed E-state index contributed by atoms with van der Waals surface area (Å²) in [5.74, 6) is -11.0. The fourth-order valence-corrected chi connectivity index (χ4v) is 7.75. The molecule has 3 aromatic rings. The average Bonchev–Trinajstić information content (AvgIpc) is 3.68. The summed E-state index contributed by atoms with van der Waals surface area (Å²) in [6.45, 7) is 6.02. The Hall–Kier alpha value is -4.71. The van der Waals surface area contributed by atoms with Gasteiger partial charge in [-0.2, -0.15) is 10.5 Å². The minimum Gasteiger partial charge on any atom is -0.476 e. The van der Waals surface area contributed by atoms with E-state index in [4.69, 9.17) is 4.74 Å². The highest BCUT2D eigenvalue weighted by Gasteiger charge is 2.46. The molecule has 0 spiro atoms. The molecule has 54 heavy (non-hydrogen) atoms. The van der Waals surface area contributed by atoms with Gasteiger partial charge in [-0.1, -0.05) is 76.7 Å². The van der Waals surface area contributed by atoms with E-state index in [9.17, 15) is 28.8 Å². The van der Waals surface area contributed by atoms with Gasteiger partial charge in [-0.15, -0.1) is 11.3 Å². The van der Waals surface area contributed by atoms with E-state index in [1.807, 2.05) is 42.3 Å². The highest BCUT2D eigenvalue weighted by molar-refractivity contribution is 7.14. The number of allylic oxidation sites excluding steroid dienone is 2. The number of nitriles is 2. The molecule has 0 aliphatic carbocycles. The molecule has 1 aliphatic rings. The SMILES string of the molecule is CCCCCCc1c(/C=C/C2=CC(=C(C#N)C#N)OC2(C)c2c(F)c(F)c(F)c(F)c2F)sc(/C=C/c2ccc(N(C)CCO)cc2)c1CCCCCC. The van der Waals surface area contributed by atoms with Crippen LogP contribution < -0.4 is 4.90 Å². The standard InChI is InChI=1S/C43H46F5N3O2S/c1-5-7-9-11-13-32-33(14-12-10-8-6-2)36(54-35(32)21-17-28-15-19-31(20-16-28)51(4)23-24-52)22-18-30-25-34(29(26-49)27-50)53-43(30,3)37-38(44)40(46)42(48)41(47)39(37)45/h15-22,25,52H,5-14,23-24H2,1-4H3/b21-17+,22-18+. The van der Waals surface area contributed by atoms with Crippen molar-refractivity contribution in [1.82, 2.24) is 0 Å². The molecule has 0 bridgehead atoms. The molecule has 0 fully saturated rings. The van der Waals surface area contributed by atoms with Crippen LogP contribution in [0.25, 0.3) is 18.2 Å². The van der Waals surface area contributed by atoms with Crippen LogP contribution in [0.15, 0.2) is 53.3 Å². The number of likely N-dealkylation sites (N-methyl/N-ethyl adjacent to an activating group) is 1. The van der Waals surface area contributed by atoms with Crippen LogP contribution in [0, 0.1) is 51.7 Å². The van der Waals surface area contributed by atoms with E-state index in [1.165, 1.54) is 17.7 Å². The predicted molar refractivity (Wildman–Crippen MR) is 206 cm³/mol. The number of benzene rings is 2. The topological polar surface area (TPSA) is 80.3 Å². The molecule has 1 N–H and O–H groups in total. The second kappa shape index (κ2) is 19.6. The molecule has 1 aromatic heterocycles. The van der Waals surface area contributed by atoms with Crippen molar-refractivity contribution < 1.29 is 31.8 Å². The lowest BCUT2D eigenvalue weighted by Crippen LogP contribution is -2.28. The lowest BCUT2D eigenvalue weighted by molar-refractivity contribution is 0.0664. The summed E-state index contributed by atoms with van der Waals surface area (Å²) in [4.78, 5) is 3.89. The Morgan fingerprint density at radius 2 is 1.30 bits per heavy atom. The average molecular weight is 764 g/mol. The van der Waals surface area contributed by atoms with Crippen LogP contribution >= 0.6 is 11.3 Å². The molecule has 0 amide bonds. The van der Waals surface area contributed by atoms with Crippen molar-refractivity contribution in [2.45, 2.75) is 90.6 Å². The number of aliphatic hydroxyl groups is 1. The lowest BCUT2D eigenvalue weighted by atomic mass is 9.86. The summed E-state index contributed by atoms with van der Waals surface area (Å²) in [6, 6.07) is 11.4. The van der Waals surface area contributed by atoms with Crippen molar-refractivity contribution in [3.63, 3.8) is 0 Å². The molecule has 0 saturated carbocycles. The number of halogens is 5. The van der Waals surface area contributed by atoms with E-state index in [0.717, 1.165) is 97.7 Å². The molecule has 5 nitrogen and oxygen atoms in total. The van der Waals surface area contributed by atoms with Gasteiger partial charge in [0, 0.05) is 34.6 Å². The fraction of sp³-hybridized carbons (Fsp3) is 0.395. The van der Waals surface area contributed by atoms with Gasteiger partial charge in [0.15, 0.2) is 34.4 Å². The molecule has 11 heteroatoms. The first-order valence-corrected chi connectivity index (χ1v) is 19.2. The van der Waals surface area contributed by atoms with Gasteiger partial charge in [-0.3, -0.25) is 0 Å². The minimum absolute atomic E-state index is 0.00175. The second-order valence-corrected chi connectivity index (χ2v) is 14.5. The maximum atomic E-state index is 15.3. The predicted octanol–water partition coefficient (Wildman–Crippen LogP) is 11.5. The van der Waals surface area contributed by atoms with Gasteiger partial charge in [0.25, 0.3) is 0 Å². The van der Waals surface area contributed by atoms with Crippen LogP contribution in [0.1, 0.15) is 104 Å². The number of rotatable bonds is 18. The van der Waals surface area contributed by atoms with Crippen molar-refractivity contribution in [1.29, 1.82) is 10.5 Å². The quantitative estimate of drug-likeness (QED) is 0.0459. The Kier molecular flexibility index (Phi) is 15.2. The number of unbranched alkanes of at least 4 members (excludes halogenated alkanes) is 6. The highest BCUT2D eigenvalue weighted by Crippen LogP contribution is 2.47. The van der Waals surface area contributed by atoms with Crippen molar-refractivity contribution in [3.05, 3.63) is 114 Å². The lowest BCUT2D eigenvalue weighted by Gasteiger charge is -2.28. The monoisotopic (exact) mass is 763 g/mol. The Balaban J connectivity index is 1.86. The number of anilines is 1. The van der Waals surface area contributed by atoms with Gasteiger partial charge in [-0.25, -0.2) is 22.0 Å². The van der Waals surface area contributed by atoms with E-state index in [1.54, 1.807) is 29.6 Å². The zero-order valence-electron chi connectivity index (χ0n) is 31.2. The van der Waals surface area contributed by atoms with Crippen LogP contribution in [-0.4, -0.2) is 25.3 Å². The molecule has 0 saturated heterocycles. The third-order valence-electron chi connectivity index (χ3n) is 9.66. The summed E-state index contributed by atoms with van der Waals surface area (Å²) in [7, 11) is 1.91. The maximum absolute atomic E-state index is 15.3. The maximum Gasteiger partial charge on any atom is 0.200 e. The van der Waals surface area contributed by atoms with Gasteiger partial charge < -0.3 is 14.7 Å². The van der Waals surface area contributed by atoms with Crippen molar-refractivity contribution in [2.24, 2.45) is 0 Å². The van der Waals surface area contributed by atoms with Crippen LogP contribution in [0.3, 0.4) is 0 Å². The van der Waals surface area contributed by atoms with Crippen LogP contribution in [0.2, 0.25) is 0 Å².